The zero-order valence-corrected chi connectivity index (χ0v) is 15.5. The van der Waals surface area contributed by atoms with Crippen molar-refractivity contribution < 1.29 is 9.32 Å². The lowest BCUT2D eigenvalue weighted by Gasteiger charge is -2.28. The molecular weight excluding hydrogens is 356 g/mol. The van der Waals surface area contributed by atoms with Crippen molar-refractivity contribution >= 4 is 5.91 Å². The molecule has 2 aliphatic rings. The molecule has 2 aliphatic carbocycles. The third-order valence-corrected chi connectivity index (χ3v) is 5.87. The summed E-state index contributed by atoms with van der Waals surface area (Å²) in [6, 6.07) is 7.72. The fourth-order valence-electron chi connectivity index (χ4n) is 4.06. The molecule has 2 N–H and O–H groups in total. The number of carbonyl (C=O) groups excluding carboxylic acids is 1. The number of nitrogens with zero attached hydrogens (tertiary/aromatic N) is 5. The molecule has 5 rings (SSSR count). The van der Waals surface area contributed by atoms with Crippen molar-refractivity contribution in [3.05, 3.63) is 58.5 Å². The Hall–Kier alpha value is -3.03. The molecule has 0 aliphatic heterocycles. The first-order valence-corrected chi connectivity index (χ1v) is 9.81. The fraction of sp³-hybridized carbons (Fsp3) is 0.450. The van der Waals surface area contributed by atoms with Crippen LogP contribution in [0.1, 0.15) is 76.7 Å². The third kappa shape index (κ3) is 3.08. The van der Waals surface area contributed by atoms with Crippen LogP contribution >= 0.6 is 0 Å². The minimum absolute atomic E-state index is 0.197. The highest BCUT2D eigenvalue weighted by molar-refractivity contribution is 5.92. The van der Waals surface area contributed by atoms with Gasteiger partial charge in [-0.05, 0) is 49.8 Å². The molecule has 0 saturated heterocycles. The zero-order valence-electron chi connectivity index (χ0n) is 15.5. The van der Waals surface area contributed by atoms with Gasteiger partial charge in [0.1, 0.15) is 0 Å². The van der Waals surface area contributed by atoms with Crippen molar-refractivity contribution in [2.24, 2.45) is 5.73 Å². The number of primary amides is 1. The van der Waals surface area contributed by atoms with E-state index in [1.54, 1.807) is 12.1 Å². The van der Waals surface area contributed by atoms with E-state index >= 15 is 0 Å². The van der Waals surface area contributed by atoms with E-state index in [2.05, 4.69) is 25.1 Å². The summed E-state index contributed by atoms with van der Waals surface area (Å²) in [4.78, 5) is 16.0. The van der Waals surface area contributed by atoms with Crippen LogP contribution in [0, 0.1) is 0 Å². The topological polar surface area (TPSA) is 113 Å². The number of hydrogen-bond donors (Lipinski definition) is 1. The largest absolute Gasteiger partial charge is 0.366 e. The van der Waals surface area contributed by atoms with Gasteiger partial charge in [-0.2, -0.15) is 4.98 Å². The number of carbonyl (C=O) groups is 1. The first-order valence-electron chi connectivity index (χ1n) is 9.81. The molecule has 1 unspecified atom stereocenters. The van der Waals surface area contributed by atoms with Crippen LogP contribution in [0.2, 0.25) is 0 Å². The lowest BCUT2D eigenvalue weighted by Crippen LogP contribution is -2.23. The molecule has 144 valence electrons. The van der Waals surface area contributed by atoms with Crippen molar-refractivity contribution in [1.29, 1.82) is 0 Å². The number of rotatable bonds is 5. The van der Waals surface area contributed by atoms with E-state index in [1.165, 1.54) is 25.0 Å². The molecule has 8 nitrogen and oxygen atoms in total. The van der Waals surface area contributed by atoms with Gasteiger partial charge < -0.3 is 10.3 Å². The highest BCUT2D eigenvalue weighted by atomic mass is 16.5. The van der Waals surface area contributed by atoms with Crippen LogP contribution in [-0.2, 0) is 19.3 Å². The summed E-state index contributed by atoms with van der Waals surface area (Å²) in [5, 5.41) is 12.9. The Morgan fingerprint density at radius 3 is 2.96 bits per heavy atom. The van der Waals surface area contributed by atoms with Crippen LogP contribution in [0.3, 0.4) is 0 Å². The van der Waals surface area contributed by atoms with Crippen molar-refractivity contribution in [1.82, 2.24) is 25.1 Å². The summed E-state index contributed by atoms with van der Waals surface area (Å²) < 4.78 is 7.71. The molecule has 2 heterocycles. The van der Waals surface area contributed by atoms with Crippen molar-refractivity contribution in [2.45, 2.75) is 56.9 Å². The van der Waals surface area contributed by atoms with Gasteiger partial charge in [0.25, 0.3) is 0 Å². The van der Waals surface area contributed by atoms with E-state index < -0.39 is 5.91 Å². The predicted molar refractivity (Wildman–Crippen MR) is 99.7 cm³/mol. The number of fused-ring (bicyclic) bond motifs is 1. The Morgan fingerprint density at radius 1 is 1.29 bits per heavy atom. The Labute approximate surface area is 162 Å². The number of aryl methyl sites for hydroxylation is 1. The first-order chi connectivity index (χ1) is 13.7. The van der Waals surface area contributed by atoms with Crippen molar-refractivity contribution in [3.63, 3.8) is 0 Å². The SMILES string of the molecule is NC(=O)c1cccc(Cc2noc(C3CCc4nnn(C5CCC5)c4C3)n2)c1. The van der Waals surface area contributed by atoms with Gasteiger partial charge in [0.05, 0.1) is 17.4 Å². The standard InChI is InChI=1S/C20H22N6O2/c21-19(27)13-4-1-3-12(9-13)10-18-22-20(28-24-18)14-7-8-16-17(11-14)26(25-23-16)15-5-2-6-15/h1,3-4,9,14-15H,2,5-8,10-11H2,(H2,21,27). The maximum Gasteiger partial charge on any atom is 0.248 e. The van der Waals surface area contributed by atoms with Gasteiger partial charge in [-0.3, -0.25) is 4.79 Å². The van der Waals surface area contributed by atoms with Gasteiger partial charge in [0.15, 0.2) is 5.82 Å². The molecule has 1 amide bonds. The molecule has 3 aromatic rings. The molecule has 28 heavy (non-hydrogen) atoms. The predicted octanol–water partition coefficient (Wildman–Crippen LogP) is 2.35. The van der Waals surface area contributed by atoms with Crippen LogP contribution in [0.5, 0.6) is 0 Å². The molecule has 1 saturated carbocycles. The average molecular weight is 378 g/mol. The van der Waals surface area contributed by atoms with Crippen molar-refractivity contribution in [3.8, 4) is 0 Å². The smallest absolute Gasteiger partial charge is 0.248 e. The number of aromatic nitrogens is 5. The Bertz CT molecular complexity index is 1020. The Morgan fingerprint density at radius 2 is 2.18 bits per heavy atom. The number of hydrogen-bond acceptors (Lipinski definition) is 6. The molecule has 1 atom stereocenters. The lowest BCUT2D eigenvalue weighted by molar-refractivity contribution is 0.1000. The van der Waals surface area contributed by atoms with Crippen LogP contribution < -0.4 is 5.73 Å². The Kier molecular flexibility index (Phi) is 4.18. The fourth-order valence-corrected chi connectivity index (χ4v) is 4.06. The summed E-state index contributed by atoms with van der Waals surface area (Å²) >= 11 is 0. The molecule has 1 aromatic carbocycles. The van der Waals surface area contributed by atoms with Gasteiger partial charge >= 0.3 is 0 Å². The molecular formula is C20H22N6O2. The van der Waals surface area contributed by atoms with E-state index in [4.69, 9.17) is 10.3 Å². The maximum absolute atomic E-state index is 11.4. The molecule has 8 heteroatoms. The zero-order chi connectivity index (χ0) is 19.1. The van der Waals surface area contributed by atoms with E-state index in [9.17, 15) is 4.79 Å². The molecule has 2 aromatic heterocycles. The highest BCUT2D eigenvalue weighted by Gasteiger charge is 2.32. The van der Waals surface area contributed by atoms with E-state index in [-0.39, 0.29) is 5.92 Å². The van der Waals surface area contributed by atoms with E-state index in [0.29, 0.717) is 29.7 Å². The van der Waals surface area contributed by atoms with Crippen LogP contribution in [0.4, 0.5) is 0 Å². The number of amides is 1. The van der Waals surface area contributed by atoms with Crippen molar-refractivity contribution in [2.75, 3.05) is 0 Å². The molecule has 0 bridgehead atoms. The van der Waals surface area contributed by atoms with Gasteiger partial charge in [-0.25, -0.2) is 4.68 Å². The summed E-state index contributed by atoms with van der Waals surface area (Å²) in [5.74, 6) is 1.05. The second-order valence-electron chi connectivity index (χ2n) is 7.74. The van der Waals surface area contributed by atoms with Crippen LogP contribution in [-0.4, -0.2) is 31.0 Å². The first kappa shape index (κ1) is 17.1. The minimum atomic E-state index is -0.439. The third-order valence-electron chi connectivity index (χ3n) is 5.87. The second-order valence-corrected chi connectivity index (χ2v) is 7.74. The summed E-state index contributed by atoms with van der Waals surface area (Å²) in [6.07, 6.45) is 6.83. The summed E-state index contributed by atoms with van der Waals surface area (Å²) in [5.41, 5.74) is 9.12. The monoisotopic (exact) mass is 378 g/mol. The molecule has 0 radical (unpaired) electrons. The van der Waals surface area contributed by atoms with E-state index in [1.807, 2.05) is 12.1 Å². The maximum atomic E-state index is 11.4. The molecule has 0 spiro atoms. The minimum Gasteiger partial charge on any atom is -0.366 e. The quantitative estimate of drug-likeness (QED) is 0.729. The van der Waals surface area contributed by atoms with Gasteiger partial charge in [-0.15, -0.1) is 5.10 Å². The summed E-state index contributed by atoms with van der Waals surface area (Å²) in [6.45, 7) is 0. The van der Waals surface area contributed by atoms with E-state index in [0.717, 1.165) is 30.5 Å². The lowest BCUT2D eigenvalue weighted by atomic mass is 9.87. The molecule has 1 fully saturated rings. The highest BCUT2D eigenvalue weighted by Crippen LogP contribution is 2.37. The average Bonchev–Trinajstić information content (AvgIpc) is 3.28. The van der Waals surface area contributed by atoms with Gasteiger partial charge in [-0.1, -0.05) is 22.5 Å². The van der Waals surface area contributed by atoms with Gasteiger partial charge in [0, 0.05) is 24.3 Å². The second kappa shape index (κ2) is 6.85. The summed E-state index contributed by atoms with van der Waals surface area (Å²) in [7, 11) is 0. The number of nitrogens with two attached hydrogens (primary N) is 1. The Balaban J connectivity index is 1.32. The normalized spacial score (nSPS) is 19.2. The van der Waals surface area contributed by atoms with Gasteiger partial charge in [0.2, 0.25) is 11.8 Å². The number of benzene rings is 1. The van der Waals surface area contributed by atoms with Crippen LogP contribution in [0.25, 0.3) is 0 Å². The van der Waals surface area contributed by atoms with Crippen LogP contribution in [0.15, 0.2) is 28.8 Å².